The van der Waals surface area contributed by atoms with Crippen LogP contribution in [-0.2, 0) is 11.0 Å². The van der Waals surface area contributed by atoms with Crippen molar-refractivity contribution >= 4 is 12.1 Å². The molecule has 1 aromatic rings. The Morgan fingerprint density at radius 3 is 2.40 bits per heavy atom. The van der Waals surface area contributed by atoms with Gasteiger partial charge in [0.1, 0.15) is 12.0 Å². The first-order valence-corrected chi connectivity index (χ1v) is 7.73. The highest BCUT2D eigenvalue weighted by Crippen LogP contribution is 2.31. The van der Waals surface area contributed by atoms with Crippen LogP contribution in [0, 0.1) is 17.2 Å². The molecule has 1 aliphatic heterocycles. The summed E-state index contributed by atoms with van der Waals surface area (Å²) in [5.41, 5.74) is -1.03. The smallest absolute Gasteiger partial charge is 0.433 e. The monoisotopic (exact) mass is 360 g/mol. The lowest BCUT2D eigenvalue weighted by Crippen LogP contribution is -2.23. The fourth-order valence-corrected chi connectivity index (χ4v) is 2.08. The maximum absolute atomic E-state index is 12.1. The molecule has 1 aliphatic rings. The van der Waals surface area contributed by atoms with E-state index in [9.17, 15) is 18.0 Å². The molecule has 0 aliphatic carbocycles. The molecule has 0 bridgehead atoms. The van der Waals surface area contributed by atoms with E-state index in [2.05, 4.69) is 16.4 Å². The second-order valence-corrected chi connectivity index (χ2v) is 5.03. The summed E-state index contributed by atoms with van der Waals surface area (Å²) < 4.78 is 36.2. The molecule has 0 radical (unpaired) electrons. The number of carbonyl (C=O) groups is 1. The Morgan fingerprint density at radius 2 is 2.04 bits per heavy atom. The number of pyridine rings is 1. The molecule has 1 aromatic heterocycles. The summed E-state index contributed by atoms with van der Waals surface area (Å²) in [4.78, 5) is 15.4. The summed E-state index contributed by atoms with van der Waals surface area (Å²) in [6.07, 6.45) is -2.84. The summed E-state index contributed by atoms with van der Waals surface area (Å²) in [5.74, 6) is -0.417. The van der Waals surface area contributed by atoms with E-state index in [-0.39, 0.29) is 23.5 Å². The third kappa shape index (κ3) is 6.97. The lowest BCUT2D eigenvalue weighted by molar-refractivity contribution is -0.141. The highest BCUT2D eigenvalue weighted by atomic mass is 19.4. The topological polar surface area (TPSA) is 89.3 Å². The SMILES string of the molecule is CC.CN1CC(C=O)CC1C#N.CNc1nc(C(F)(F)F)ccc1O. The number of aromatic nitrogens is 1. The standard InChI is InChI=1S/C7H7F3N2O.C7H10N2O.C2H6/c1-11-6-4(13)2-3-5(12-6)7(8,9)10;1-9-4-6(5-10)2-7(9)3-8;1-2/h2-3,13H,1H3,(H,11,12);5-7H,2,4H2,1H3;1-2H3. The number of hydrogen-bond donors (Lipinski definition) is 2. The van der Waals surface area contributed by atoms with Crippen LogP contribution in [0.4, 0.5) is 19.0 Å². The van der Waals surface area contributed by atoms with Gasteiger partial charge in [0, 0.05) is 19.5 Å². The van der Waals surface area contributed by atoms with Crippen LogP contribution in [0.1, 0.15) is 26.0 Å². The molecule has 140 valence electrons. The number of nitriles is 1. The summed E-state index contributed by atoms with van der Waals surface area (Å²) >= 11 is 0. The molecule has 1 fully saturated rings. The van der Waals surface area contributed by atoms with Crippen molar-refractivity contribution in [3.05, 3.63) is 17.8 Å². The zero-order valence-electron chi connectivity index (χ0n) is 14.6. The zero-order chi connectivity index (χ0) is 19.6. The Hall–Kier alpha value is -2.34. The van der Waals surface area contributed by atoms with Crippen LogP contribution in [0.2, 0.25) is 0 Å². The Labute approximate surface area is 145 Å². The lowest BCUT2D eigenvalue weighted by Gasteiger charge is -2.09. The largest absolute Gasteiger partial charge is 0.504 e. The predicted molar refractivity (Wildman–Crippen MR) is 88.0 cm³/mol. The van der Waals surface area contributed by atoms with Crippen molar-refractivity contribution < 1.29 is 23.1 Å². The van der Waals surface area contributed by atoms with E-state index in [4.69, 9.17) is 10.4 Å². The highest BCUT2D eigenvalue weighted by Gasteiger charge is 2.33. The van der Waals surface area contributed by atoms with Crippen molar-refractivity contribution in [1.82, 2.24) is 9.88 Å². The average molecular weight is 360 g/mol. The van der Waals surface area contributed by atoms with Crippen LogP contribution in [0.3, 0.4) is 0 Å². The van der Waals surface area contributed by atoms with Gasteiger partial charge >= 0.3 is 6.18 Å². The number of aromatic hydroxyl groups is 1. The second-order valence-electron chi connectivity index (χ2n) is 5.03. The van der Waals surface area contributed by atoms with Gasteiger partial charge in [-0.05, 0) is 25.6 Å². The summed E-state index contributed by atoms with van der Waals surface area (Å²) in [5, 5.41) is 19.9. The van der Waals surface area contributed by atoms with Crippen molar-refractivity contribution in [2.24, 2.45) is 5.92 Å². The molecule has 9 heteroatoms. The number of likely N-dealkylation sites (tertiary alicyclic amines) is 1. The highest BCUT2D eigenvalue weighted by molar-refractivity contribution is 5.54. The van der Waals surface area contributed by atoms with Crippen molar-refractivity contribution in [3.8, 4) is 11.8 Å². The molecule has 0 spiro atoms. The van der Waals surface area contributed by atoms with Crippen molar-refractivity contribution in [2.45, 2.75) is 32.5 Å². The van der Waals surface area contributed by atoms with Gasteiger partial charge < -0.3 is 15.2 Å². The number of hydrogen-bond acceptors (Lipinski definition) is 6. The number of carbonyl (C=O) groups excluding carboxylic acids is 1. The molecule has 2 unspecified atom stereocenters. The third-order valence-electron chi connectivity index (χ3n) is 3.32. The van der Waals surface area contributed by atoms with Gasteiger partial charge in [0.05, 0.1) is 12.1 Å². The number of rotatable bonds is 2. The van der Waals surface area contributed by atoms with Gasteiger partial charge in [-0.3, -0.25) is 4.90 Å². The van der Waals surface area contributed by atoms with Crippen LogP contribution < -0.4 is 5.32 Å². The van der Waals surface area contributed by atoms with Crippen LogP contribution in [0.25, 0.3) is 0 Å². The number of nitrogens with one attached hydrogen (secondary N) is 1. The van der Waals surface area contributed by atoms with E-state index in [1.54, 1.807) is 0 Å². The number of anilines is 1. The number of halogens is 3. The van der Waals surface area contributed by atoms with E-state index in [0.29, 0.717) is 6.42 Å². The maximum atomic E-state index is 12.1. The third-order valence-corrected chi connectivity index (χ3v) is 3.32. The number of nitrogens with zero attached hydrogens (tertiary/aromatic N) is 3. The fraction of sp³-hybridized carbons (Fsp3) is 0.562. The second kappa shape index (κ2) is 10.5. The summed E-state index contributed by atoms with van der Waals surface area (Å²) in [6, 6.07) is 3.76. The minimum atomic E-state index is -4.49. The Kier molecular flexibility index (Phi) is 9.53. The van der Waals surface area contributed by atoms with Gasteiger partial charge in [0.2, 0.25) is 0 Å². The van der Waals surface area contributed by atoms with Gasteiger partial charge in [-0.2, -0.15) is 18.4 Å². The molecular formula is C16H23F3N4O2. The molecule has 1 saturated heterocycles. The van der Waals surface area contributed by atoms with E-state index < -0.39 is 11.9 Å². The average Bonchev–Trinajstić information content (AvgIpc) is 2.97. The first-order valence-electron chi connectivity index (χ1n) is 7.73. The van der Waals surface area contributed by atoms with Gasteiger partial charge in [-0.1, -0.05) is 13.8 Å². The molecule has 6 nitrogen and oxygen atoms in total. The number of aldehydes is 1. The van der Waals surface area contributed by atoms with Crippen LogP contribution in [0.5, 0.6) is 5.75 Å². The molecule has 25 heavy (non-hydrogen) atoms. The van der Waals surface area contributed by atoms with Gasteiger partial charge in [-0.25, -0.2) is 4.98 Å². The molecule has 2 N–H and O–H groups in total. The van der Waals surface area contributed by atoms with Crippen LogP contribution in [-0.4, -0.2) is 48.0 Å². The maximum Gasteiger partial charge on any atom is 0.433 e. The molecular weight excluding hydrogens is 337 g/mol. The van der Waals surface area contributed by atoms with Crippen LogP contribution >= 0.6 is 0 Å². The normalized spacial score (nSPS) is 19.6. The van der Waals surface area contributed by atoms with Crippen molar-refractivity contribution in [3.63, 3.8) is 0 Å². The predicted octanol–water partition coefficient (Wildman–Crippen LogP) is 2.90. The van der Waals surface area contributed by atoms with Gasteiger partial charge in [0.15, 0.2) is 11.6 Å². The van der Waals surface area contributed by atoms with E-state index in [1.165, 1.54) is 7.05 Å². The minimum absolute atomic E-state index is 0.0461. The zero-order valence-corrected chi connectivity index (χ0v) is 14.6. The first kappa shape index (κ1) is 22.7. The molecule has 0 amide bonds. The minimum Gasteiger partial charge on any atom is -0.504 e. The van der Waals surface area contributed by atoms with Crippen molar-refractivity contribution in [1.29, 1.82) is 5.26 Å². The Morgan fingerprint density at radius 1 is 1.44 bits per heavy atom. The lowest BCUT2D eigenvalue weighted by atomic mass is 10.1. The Bertz CT molecular complexity index is 588. The molecule has 0 saturated carbocycles. The summed E-state index contributed by atoms with van der Waals surface area (Å²) in [7, 11) is 3.25. The molecule has 0 aromatic carbocycles. The summed E-state index contributed by atoms with van der Waals surface area (Å²) in [6.45, 7) is 4.74. The fourth-order valence-electron chi connectivity index (χ4n) is 2.08. The van der Waals surface area contributed by atoms with Crippen molar-refractivity contribution in [2.75, 3.05) is 26.0 Å². The van der Waals surface area contributed by atoms with Gasteiger partial charge in [0.25, 0.3) is 0 Å². The van der Waals surface area contributed by atoms with E-state index in [0.717, 1.165) is 25.0 Å². The molecule has 2 atom stereocenters. The Balaban J connectivity index is 0.000000430. The van der Waals surface area contributed by atoms with E-state index in [1.807, 2.05) is 25.8 Å². The van der Waals surface area contributed by atoms with E-state index >= 15 is 0 Å². The quantitative estimate of drug-likeness (QED) is 0.789. The van der Waals surface area contributed by atoms with Gasteiger partial charge in [-0.15, -0.1) is 0 Å². The first-order chi connectivity index (χ1) is 11.7. The van der Waals surface area contributed by atoms with Crippen LogP contribution in [0.15, 0.2) is 12.1 Å². The number of alkyl halides is 3. The molecule has 2 rings (SSSR count). The molecule has 2 heterocycles.